The van der Waals surface area contributed by atoms with E-state index in [4.69, 9.17) is 0 Å². The number of carbonyl (C=O) groups excluding carboxylic acids is 1. The summed E-state index contributed by atoms with van der Waals surface area (Å²) in [5.74, 6) is 0.464. The van der Waals surface area contributed by atoms with Gasteiger partial charge in [0.15, 0.2) is 0 Å². The van der Waals surface area contributed by atoms with Gasteiger partial charge in [0, 0.05) is 29.4 Å². The van der Waals surface area contributed by atoms with E-state index < -0.39 is 10.0 Å². The monoisotopic (exact) mass is 474 g/mol. The van der Waals surface area contributed by atoms with E-state index in [1.807, 2.05) is 55.5 Å². The number of sulfonamides is 1. The number of hydrogen-bond acceptors (Lipinski definition) is 4. The Balaban J connectivity index is 1.28. The molecule has 0 bridgehead atoms. The van der Waals surface area contributed by atoms with E-state index in [0.717, 1.165) is 41.7 Å². The van der Waals surface area contributed by atoms with E-state index in [-0.39, 0.29) is 16.8 Å². The van der Waals surface area contributed by atoms with Gasteiger partial charge in [0.25, 0.3) is 5.91 Å². The number of para-hydroxylation sites is 2. The minimum atomic E-state index is -3.56. The molecule has 8 heteroatoms. The number of amides is 1. The minimum absolute atomic E-state index is 0.00994. The van der Waals surface area contributed by atoms with Crippen LogP contribution < -0.4 is 5.32 Å². The predicted octanol–water partition coefficient (Wildman–Crippen LogP) is 5.05. The van der Waals surface area contributed by atoms with Gasteiger partial charge in [0.1, 0.15) is 5.82 Å². The number of anilines is 1. The van der Waals surface area contributed by atoms with Gasteiger partial charge in [-0.2, -0.15) is 4.31 Å². The zero-order valence-corrected chi connectivity index (χ0v) is 19.7. The lowest BCUT2D eigenvalue weighted by Gasteiger charge is -2.32. The number of imidazole rings is 1. The molecule has 1 atom stereocenters. The van der Waals surface area contributed by atoms with Crippen LogP contribution in [0, 0.1) is 0 Å². The standard InChI is InChI=1S/C26H26N4O3S/c1-18-6-4-5-17-30(18)34(32,33)22-15-11-20(12-16-22)26(31)27-21-13-9-19(10-14-21)25-28-23-7-2-3-8-24(23)29-25/h2-3,7-16,18H,4-6,17H2,1H3,(H,27,31)(H,28,29). The maximum Gasteiger partial charge on any atom is 0.255 e. The number of fused-ring (bicyclic) bond motifs is 1. The summed E-state index contributed by atoms with van der Waals surface area (Å²) in [7, 11) is -3.56. The molecule has 174 valence electrons. The molecular formula is C26H26N4O3S. The Bertz CT molecular complexity index is 1390. The molecule has 0 aliphatic carbocycles. The normalized spacial score (nSPS) is 17.0. The van der Waals surface area contributed by atoms with Crippen molar-refractivity contribution in [3.05, 3.63) is 78.4 Å². The second kappa shape index (κ2) is 9.04. The minimum Gasteiger partial charge on any atom is -0.338 e. The fourth-order valence-electron chi connectivity index (χ4n) is 4.35. The molecule has 1 amide bonds. The number of nitrogens with zero attached hydrogens (tertiary/aromatic N) is 2. The van der Waals surface area contributed by atoms with Gasteiger partial charge in [0.05, 0.1) is 15.9 Å². The molecule has 0 spiro atoms. The number of benzene rings is 3. The van der Waals surface area contributed by atoms with Crippen molar-refractivity contribution >= 4 is 32.7 Å². The highest BCUT2D eigenvalue weighted by Crippen LogP contribution is 2.26. The first-order valence-corrected chi connectivity index (χ1v) is 12.8. The summed E-state index contributed by atoms with van der Waals surface area (Å²) in [6.07, 6.45) is 2.79. The first-order valence-electron chi connectivity index (χ1n) is 11.4. The summed E-state index contributed by atoms with van der Waals surface area (Å²) in [6, 6.07) is 21.4. The number of rotatable bonds is 5. The van der Waals surface area contributed by atoms with Crippen molar-refractivity contribution in [2.45, 2.75) is 37.1 Å². The number of nitrogens with one attached hydrogen (secondary N) is 2. The predicted molar refractivity (Wildman–Crippen MR) is 133 cm³/mol. The Morgan fingerprint density at radius 1 is 1.00 bits per heavy atom. The third-order valence-corrected chi connectivity index (χ3v) is 8.30. The quantitative estimate of drug-likeness (QED) is 0.423. The molecular weight excluding hydrogens is 448 g/mol. The highest BCUT2D eigenvalue weighted by Gasteiger charge is 2.30. The number of hydrogen-bond donors (Lipinski definition) is 2. The fourth-order valence-corrected chi connectivity index (χ4v) is 6.05. The van der Waals surface area contributed by atoms with Crippen LogP contribution in [0.4, 0.5) is 5.69 Å². The van der Waals surface area contributed by atoms with E-state index in [9.17, 15) is 13.2 Å². The van der Waals surface area contributed by atoms with Crippen LogP contribution in [0.5, 0.6) is 0 Å². The van der Waals surface area contributed by atoms with Gasteiger partial charge in [0.2, 0.25) is 10.0 Å². The van der Waals surface area contributed by atoms with Crippen LogP contribution in [0.1, 0.15) is 36.5 Å². The number of aromatic nitrogens is 2. The van der Waals surface area contributed by atoms with Gasteiger partial charge < -0.3 is 10.3 Å². The topological polar surface area (TPSA) is 95.2 Å². The molecule has 4 aromatic rings. The zero-order chi connectivity index (χ0) is 23.7. The van der Waals surface area contributed by atoms with Crippen molar-refractivity contribution in [3.8, 4) is 11.4 Å². The Morgan fingerprint density at radius 2 is 1.74 bits per heavy atom. The van der Waals surface area contributed by atoms with Crippen molar-refractivity contribution in [2.75, 3.05) is 11.9 Å². The van der Waals surface area contributed by atoms with Crippen molar-refractivity contribution in [1.29, 1.82) is 0 Å². The number of aromatic amines is 1. The molecule has 1 saturated heterocycles. The summed E-state index contributed by atoms with van der Waals surface area (Å²) >= 11 is 0. The highest BCUT2D eigenvalue weighted by atomic mass is 32.2. The third kappa shape index (κ3) is 4.34. The molecule has 7 nitrogen and oxygen atoms in total. The third-order valence-electron chi connectivity index (χ3n) is 6.27. The van der Waals surface area contributed by atoms with Crippen molar-refractivity contribution in [3.63, 3.8) is 0 Å². The highest BCUT2D eigenvalue weighted by molar-refractivity contribution is 7.89. The van der Waals surface area contributed by atoms with Crippen molar-refractivity contribution < 1.29 is 13.2 Å². The Morgan fingerprint density at radius 3 is 2.44 bits per heavy atom. The molecule has 0 saturated carbocycles. The molecule has 1 aliphatic heterocycles. The van der Waals surface area contributed by atoms with E-state index in [1.54, 1.807) is 16.4 Å². The van der Waals surface area contributed by atoms with Crippen LogP contribution >= 0.6 is 0 Å². The van der Waals surface area contributed by atoms with Crippen LogP contribution in [0.2, 0.25) is 0 Å². The molecule has 0 radical (unpaired) electrons. The Labute approximate surface area is 198 Å². The lowest BCUT2D eigenvalue weighted by Crippen LogP contribution is -2.41. The molecule has 2 heterocycles. The lowest BCUT2D eigenvalue weighted by molar-refractivity contribution is 0.102. The largest absolute Gasteiger partial charge is 0.338 e. The summed E-state index contributed by atoms with van der Waals surface area (Å²) in [5, 5.41) is 2.86. The number of piperidine rings is 1. The first-order chi connectivity index (χ1) is 16.4. The maximum absolute atomic E-state index is 13.0. The smallest absolute Gasteiger partial charge is 0.255 e. The second-order valence-corrected chi connectivity index (χ2v) is 10.5. The Kier molecular flexibility index (Phi) is 5.93. The molecule has 1 fully saturated rings. The SMILES string of the molecule is CC1CCCCN1S(=O)(=O)c1ccc(C(=O)Nc2ccc(-c3nc4ccccc4[nH]3)cc2)cc1. The molecule has 5 rings (SSSR count). The zero-order valence-electron chi connectivity index (χ0n) is 18.9. The number of H-pyrrole nitrogens is 1. The first kappa shape index (κ1) is 22.3. The van der Waals surface area contributed by atoms with E-state index >= 15 is 0 Å². The summed E-state index contributed by atoms with van der Waals surface area (Å²) in [4.78, 5) is 20.8. The van der Waals surface area contributed by atoms with E-state index in [1.165, 1.54) is 12.1 Å². The molecule has 1 aromatic heterocycles. The van der Waals surface area contributed by atoms with Gasteiger partial charge in [-0.3, -0.25) is 4.79 Å². The maximum atomic E-state index is 13.0. The molecule has 1 unspecified atom stereocenters. The van der Waals surface area contributed by atoms with Crippen molar-refractivity contribution in [1.82, 2.24) is 14.3 Å². The van der Waals surface area contributed by atoms with Gasteiger partial charge in [-0.15, -0.1) is 0 Å². The van der Waals surface area contributed by atoms with Gasteiger partial charge in [-0.1, -0.05) is 18.6 Å². The summed E-state index contributed by atoms with van der Waals surface area (Å²) < 4.78 is 27.6. The van der Waals surface area contributed by atoms with Gasteiger partial charge >= 0.3 is 0 Å². The Hall–Kier alpha value is -3.49. The lowest BCUT2D eigenvalue weighted by atomic mass is 10.1. The molecule has 3 aromatic carbocycles. The summed E-state index contributed by atoms with van der Waals surface area (Å²) in [6.45, 7) is 2.48. The van der Waals surface area contributed by atoms with Crippen LogP contribution in [0.3, 0.4) is 0 Å². The molecule has 1 aliphatic rings. The molecule has 34 heavy (non-hydrogen) atoms. The van der Waals surface area contributed by atoms with Crippen LogP contribution in [0.15, 0.2) is 77.7 Å². The van der Waals surface area contributed by atoms with Crippen LogP contribution in [0.25, 0.3) is 22.4 Å². The molecule has 2 N–H and O–H groups in total. The number of carbonyl (C=O) groups is 1. The second-order valence-electron chi connectivity index (χ2n) is 8.62. The average molecular weight is 475 g/mol. The van der Waals surface area contributed by atoms with Crippen LogP contribution in [-0.2, 0) is 10.0 Å². The summed E-state index contributed by atoms with van der Waals surface area (Å²) in [5.41, 5.74) is 3.82. The van der Waals surface area contributed by atoms with Gasteiger partial charge in [-0.05, 0) is 80.4 Å². The van der Waals surface area contributed by atoms with Crippen LogP contribution in [-0.4, -0.2) is 41.2 Å². The van der Waals surface area contributed by atoms with E-state index in [0.29, 0.717) is 17.8 Å². The van der Waals surface area contributed by atoms with E-state index in [2.05, 4.69) is 15.3 Å². The van der Waals surface area contributed by atoms with Gasteiger partial charge in [-0.25, -0.2) is 13.4 Å². The van der Waals surface area contributed by atoms with Crippen molar-refractivity contribution in [2.24, 2.45) is 0 Å². The fraction of sp³-hybridized carbons (Fsp3) is 0.231. The average Bonchev–Trinajstić information content (AvgIpc) is 3.29.